The Labute approximate surface area is 106 Å². The predicted molar refractivity (Wildman–Crippen MR) is 69.2 cm³/mol. The second-order valence-electron chi connectivity index (χ2n) is 3.07. The highest BCUT2D eigenvalue weighted by atomic mass is 79.9. The average Bonchev–Trinajstić information content (AvgIpc) is 2.20. The fourth-order valence-electron chi connectivity index (χ4n) is 0.945. The lowest BCUT2D eigenvalue weighted by Crippen LogP contribution is -2.31. The van der Waals surface area contributed by atoms with Gasteiger partial charge >= 0.3 is 6.03 Å². The molecule has 0 bridgehead atoms. The van der Waals surface area contributed by atoms with Gasteiger partial charge in [-0.3, -0.25) is 0 Å². The number of amides is 2. The van der Waals surface area contributed by atoms with Crippen LogP contribution < -0.4 is 5.32 Å². The first-order valence-electron chi connectivity index (χ1n) is 4.51. The van der Waals surface area contributed by atoms with E-state index in [0.717, 1.165) is 14.6 Å². The van der Waals surface area contributed by atoms with Crippen molar-refractivity contribution in [2.45, 2.75) is 6.92 Å². The Morgan fingerprint density at radius 1 is 1.47 bits per heavy atom. The second kappa shape index (κ2) is 5.51. The molecule has 1 aromatic carbocycles. The molecule has 1 rings (SSSR count). The highest BCUT2D eigenvalue weighted by Crippen LogP contribution is 2.26. The minimum Gasteiger partial charge on any atom is -0.328 e. The lowest BCUT2D eigenvalue weighted by atomic mass is 10.3. The van der Waals surface area contributed by atoms with Gasteiger partial charge in [0, 0.05) is 22.5 Å². The summed E-state index contributed by atoms with van der Waals surface area (Å²) in [6.45, 7) is 2.61. The fourth-order valence-corrected chi connectivity index (χ4v) is 2.09. The van der Waals surface area contributed by atoms with Crippen LogP contribution in [0.3, 0.4) is 0 Å². The molecule has 0 atom stereocenters. The highest BCUT2D eigenvalue weighted by molar-refractivity contribution is 9.11. The van der Waals surface area contributed by atoms with E-state index < -0.39 is 0 Å². The van der Waals surface area contributed by atoms with Crippen molar-refractivity contribution in [2.75, 3.05) is 18.9 Å². The van der Waals surface area contributed by atoms with Gasteiger partial charge < -0.3 is 10.2 Å². The lowest BCUT2D eigenvalue weighted by molar-refractivity contribution is 0.224. The van der Waals surface area contributed by atoms with E-state index in [1.54, 1.807) is 11.9 Å². The summed E-state index contributed by atoms with van der Waals surface area (Å²) in [6.07, 6.45) is 0. The fraction of sp³-hybridized carbons (Fsp3) is 0.300. The molecule has 0 aliphatic carbocycles. The molecule has 15 heavy (non-hydrogen) atoms. The number of halogens is 2. The Morgan fingerprint density at radius 2 is 2.13 bits per heavy atom. The van der Waals surface area contributed by atoms with Gasteiger partial charge in [-0.2, -0.15) is 0 Å². The molecular weight excluding hydrogens is 324 g/mol. The third-order valence-electron chi connectivity index (χ3n) is 1.99. The summed E-state index contributed by atoms with van der Waals surface area (Å²) in [6, 6.07) is 5.50. The third-order valence-corrected chi connectivity index (χ3v) is 3.14. The van der Waals surface area contributed by atoms with Crippen LogP contribution in [0.5, 0.6) is 0 Å². The van der Waals surface area contributed by atoms with Gasteiger partial charge in [-0.25, -0.2) is 4.79 Å². The molecular formula is C10H12Br2N2O. The predicted octanol–water partition coefficient (Wildman–Crippen LogP) is 3.70. The van der Waals surface area contributed by atoms with E-state index in [1.807, 2.05) is 25.1 Å². The van der Waals surface area contributed by atoms with E-state index in [2.05, 4.69) is 37.2 Å². The monoisotopic (exact) mass is 334 g/mol. The number of rotatable bonds is 2. The van der Waals surface area contributed by atoms with Gasteiger partial charge in [0.15, 0.2) is 0 Å². The third kappa shape index (κ3) is 3.50. The van der Waals surface area contributed by atoms with Crippen molar-refractivity contribution in [2.24, 2.45) is 0 Å². The van der Waals surface area contributed by atoms with Gasteiger partial charge in [-0.15, -0.1) is 0 Å². The summed E-state index contributed by atoms with van der Waals surface area (Å²) in [7, 11) is 1.75. The largest absolute Gasteiger partial charge is 0.328 e. The van der Waals surface area contributed by atoms with Gasteiger partial charge in [0.05, 0.1) is 5.69 Å². The molecule has 0 aliphatic rings. The van der Waals surface area contributed by atoms with Crippen molar-refractivity contribution in [3.63, 3.8) is 0 Å². The summed E-state index contributed by atoms with van der Waals surface area (Å²) < 4.78 is 1.82. The van der Waals surface area contributed by atoms with Crippen LogP contribution in [-0.2, 0) is 0 Å². The Bertz CT molecular complexity index is 368. The molecule has 0 saturated heterocycles. The first-order chi connectivity index (χ1) is 7.04. The number of benzene rings is 1. The summed E-state index contributed by atoms with van der Waals surface area (Å²) >= 11 is 6.74. The molecule has 1 N–H and O–H groups in total. The molecule has 0 heterocycles. The average molecular weight is 336 g/mol. The van der Waals surface area contributed by atoms with Crippen LogP contribution in [0.4, 0.5) is 10.5 Å². The van der Waals surface area contributed by atoms with Crippen molar-refractivity contribution >= 4 is 43.6 Å². The Hall–Kier alpha value is -0.550. The van der Waals surface area contributed by atoms with Crippen LogP contribution in [0.15, 0.2) is 27.1 Å². The maximum atomic E-state index is 11.6. The first-order valence-corrected chi connectivity index (χ1v) is 6.10. The SMILES string of the molecule is CCN(C)C(=O)Nc1ccc(Br)cc1Br. The van der Waals surface area contributed by atoms with Crippen LogP contribution in [0.25, 0.3) is 0 Å². The van der Waals surface area contributed by atoms with Crippen molar-refractivity contribution in [3.05, 3.63) is 27.1 Å². The number of urea groups is 1. The Balaban J connectivity index is 2.77. The molecule has 5 heteroatoms. The molecule has 0 spiro atoms. The normalized spacial score (nSPS) is 9.87. The van der Waals surface area contributed by atoms with E-state index in [0.29, 0.717) is 6.54 Å². The van der Waals surface area contributed by atoms with E-state index in [4.69, 9.17) is 0 Å². The number of nitrogens with one attached hydrogen (secondary N) is 1. The Kier molecular flexibility index (Phi) is 4.60. The van der Waals surface area contributed by atoms with Crippen molar-refractivity contribution in [3.8, 4) is 0 Å². The summed E-state index contributed by atoms with van der Waals surface area (Å²) in [5.74, 6) is 0. The molecule has 1 aromatic rings. The topological polar surface area (TPSA) is 32.3 Å². The van der Waals surface area contributed by atoms with Crippen LogP contribution in [0.1, 0.15) is 6.92 Å². The first kappa shape index (κ1) is 12.5. The Morgan fingerprint density at radius 3 is 2.67 bits per heavy atom. The van der Waals surface area contributed by atoms with Crippen LogP contribution >= 0.6 is 31.9 Å². The summed E-state index contributed by atoms with van der Waals surface area (Å²) in [5, 5.41) is 2.81. The molecule has 0 aliphatic heterocycles. The number of carbonyl (C=O) groups is 1. The van der Waals surface area contributed by atoms with Crippen molar-refractivity contribution in [1.29, 1.82) is 0 Å². The van der Waals surface area contributed by atoms with Gasteiger partial charge in [0.25, 0.3) is 0 Å². The van der Waals surface area contributed by atoms with E-state index in [1.165, 1.54) is 0 Å². The van der Waals surface area contributed by atoms with Gasteiger partial charge in [-0.05, 0) is 41.1 Å². The van der Waals surface area contributed by atoms with Gasteiger partial charge in [0.1, 0.15) is 0 Å². The second-order valence-corrected chi connectivity index (χ2v) is 4.84. The smallest absolute Gasteiger partial charge is 0.321 e. The number of hydrogen-bond donors (Lipinski definition) is 1. The molecule has 0 unspecified atom stereocenters. The maximum Gasteiger partial charge on any atom is 0.321 e. The molecule has 82 valence electrons. The number of nitrogens with zero attached hydrogens (tertiary/aromatic N) is 1. The standard InChI is InChI=1S/C10H12Br2N2O/c1-3-14(2)10(15)13-9-5-4-7(11)6-8(9)12/h4-6H,3H2,1-2H3,(H,13,15). The number of hydrogen-bond acceptors (Lipinski definition) is 1. The van der Waals surface area contributed by atoms with Crippen LogP contribution in [0.2, 0.25) is 0 Å². The quantitative estimate of drug-likeness (QED) is 0.878. The van der Waals surface area contributed by atoms with Crippen LogP contribution in [0, 0.1) is 0 Å². The van der Waals surface area contributed by atoms with Crippen molar-refractivity contribution < 1.29 is 4.79 Å². The molecule has 2 amide bonds. The number of anilines is 1. The van der Waals surface area contributed by atoms with Crippen LogP contribution in [-0.4, -0.2) is 24.5 Å². The van der Waals surface area contributed by atoms with Crippen molar-refractivity contribution in [1.82, 2.24) is 4.90 Å². The van der Waals surface area contributed by atoms with E-state index in [9.17, 15) is 4.79 Å². The van der Waals surface area contributed by atoms with Gasteiger partial charge in [0.2, 0.25) is 0 Å². The zero-order valence-corrected chi connectivity index (χ0v) is 11.7. The minimum atomic E-state index is -0.111. The van der Waals surface area contributed by atoms with Gasteiger partial charge in [-0.1, -0.05) is 15.9 Å². The zero-order valence-electron chi connectivity index (χ0n) is 8.55. The molecule has 0 fully saturated rings. The molecule has 0 saturated carbocycles. The van der Waals surface area contributed by atoms with E-state index >= 15 is 0 Å². The number of carbonyl (C=O) groups excluding carboxylic acids is 1. The van der Waals surface area contributed by atoms with E-state index in [-0.39, 0.29) is 6.03 Å². The highest BCUT2D eigenvalue weighted by Gasteiger charge is 2.08. The maximum absolute atomic E-state index is 11.6. The lowest BCUT2D eigenvalue weighted by Gasteiger charge is -2.16. The molecule has 3 nitrogen and oxygen atoms in total. The molecule has 0 aromatic heterocycles. The minimum absolute atomic E-state index is 0.111. The zero-order chi connectivity index (χ0) is 11.4. The summed E-state index contributed by atoms with van der Waals surface area (Å²) in [4.78, 5) is 13.2. The molecule has 0 radical (unpaired) electrons. The summed E-state index contributed by atoms with van der Waals surface area (Å²) in [5.41, 5.74) is 0.767.